The average Bonchev–Trinajstić information content (AvgIpc) is 3.26. The SMILES string of the molecule is Cc1nnc(SCc2c(C(=O)Nc3cc(F)ccc3C)oc3ccccc23)s1. The van der Waals surface area contributed by atoms with Gasteiger partial charge in [-0.15, -0.1) is 10.2 Å². The molecule has 0 aliphatic rings. The number of hydrogen-bond acceptors (Lipinski definition) is 6. The van der Waals surface area contributed by atoms with Gasteiger partial charge < -0.3 is 9.73 Å². The number of nitrogens with zero attached hydrogens (tertiary/aromatic N) is 2. The number of hydrogen-bond donors (Lipinski definition) is 1. The largest absolute Gasteiger partial charge is 0.451 e. The van der Waals surface area contributed by atoms with Crippen molar-refractivity contribution in [2.24, 2.45) is 0 Å². The molecule has 2 heterocycles. The number of furan rings is 1. The zero-order valence-corrected chi connectivity index (χ0v) is 16.8. The lowest BCUT2D eigenvalue weighted by Crippen LogP contribution is -2.13. The van der Waals surface area contributed by atoms with Crippen molar-refractivity contribution in [2.45, 2.75) is 23.9 Å². The van der Waals surface area contributed by atoms with E-state index in [1.165, 1.54) is 35.2 Å². The van der Waals surface area contributed by atoms with Crippen LogP contribution < -0.4 is 5.32 Å². The van der Waals surface area contributed by atoms with Gasteiger partial charge in [0.25, 0.3) is 5.91 Å². The first kappa shape index (κ1) is 18.6. The molecule has 4 aromatic rings. The fourth-order valence-corrected chi connectivity index (χ4v) is 4.65. The number of benzene rings is 2. The van der Waals surface area contributed by atoms with Gasteiger partial charge in [0.2, 0.25) is 0 Å². The normalized spacial score (nSPS) is 11.1. The van der Waals surface area contributed by atoms with Crippen LogP contribution in [0.4, 0.5) is 10.1 Å². The van der Waals surface area contributed by atoms with E-state index in [2.05, 4.69) is 15.5 Å². The van der Waals surface area contributed by atoms with Gasteiger partial charge >= 0.3 is 0 Å². The Morgan fingerprint density at radius 1 is 1.21 bits per heavy atom. The Kier molecular flexibility index (Phi) is 5.15. The predicted molar refractivity (Wildman–Crippen MR) is 110 cm³/mol. The van der Waals surface area contributed by atoms with Crippen molar-refractivity contribution in [3.8, 4) is 0 Å². The average molecular weight is 413 g/mol. The summed E-state index contributed by atoms with van der Waals surface area (Å²) in [5, 5.41) is 12.7. The minimum Gasteiger partial charge on any atom is -0.451 e. The van der Waals surface area contributed by atoms with Gasteiger partial charge in [-0.1, -0.05) is 47.4 Å². The van der Waals surface area contributed by atoms with E-state index in [4.69, 9.17) is 4.42 Å². The highest BCUT2D eigenvalue weighted by Crippen LogP contribution is 2.33. The van der Waals surface area contributed by atoms with E-state index in [0.29, 0.717) is 17.0 Å². The number of anilines is 1. The number of nitrogens with one attached hydrogen (secondary N) is 1. The van der Waals surface area contributed by atoms with Crippen molar-refractivity contribution in [3.63, 3.8) is 0 Å². The summed E-state index contributed by atoms with van der Waals surface area (Å²) in [6, 6.07) is 11.8. The molecule has 0 spiro atoms. The van der Waals surface area contributed by atoms with Crippen LogP contribution in [0.25, 0.3) is 11.0 Å². The zero-order valence-electron chi connectivity index (χ0n) is 15.2. The molecular weight excluding hydrogens is 397 g/mol. The van der Waals surface area contributed by atoms with E-state index in [0.717, 1.165) is 25.9 Å². The molecule has 0 aliphatic heterocycles. The Bertz CT molecular complexity index is 1170. The Morgan fingerprint density at radius 2 is 2.04 bits per heavy atom. The molecule has 0 fully saturated rings. The summed E-state index contributed by atoms with van der Waals surface area (Å²) < 4.78 is 20.2. The molecule has 0 atom stereocenters. The van der Waals surface area contributed by atoms with Crippen molar-refractivity contribution in [1.82, 2.24) is 10.2 Å². The maximum absolute atomic E-state index is 13.6. The molecule has 0 radical (unpaired) electrons. The van der Waals surface area contributed by atoms with E-state index in [1.54, 1.807) is 6.07 Å². The second kappa shape index (κ2) is 7.73. The molecule has 142 valence electrons. The van der Waals surface area contributed by atoms with Crippen molar-refractivity contribution < 1.29 is 13.6 Å². The molecule has 2 aromatic carbocycles. The number of halogens is 1. The van der Waals surface area contributed by atoms with Crippen LogP contribution in [0.5, 0.6) is 0 Å². The smallest absolute Gasteiger partial charge is 0.291 e. The number of fused-ring (bicyclic) bond motifs is 1. The summed E-state index contributed by atoms with van der Waals surface area (Å²) in [5.41, 5.74) is 2.60. The number of rotatable bonds is 5. The van der Waals surface area contributed by atoms with Crippen LogP contribution >= 0.6 is 23.1 Å². The number of aryl methyl sites for hydroxylation is 2. The van der Waals surface area contributed by atoms with Gasteiger partial charge in [0, 0.05) is 22.4 Å². The van der Waals surface area contributed by atoms with Crippen molar-refractivity contribution in [1.29, 1.82) is 0 Å². The van der Waals surface area contributed by atoms with Crippen molar-refractivity contribution >= 4 is 45.7 Å². The number of thioether (sulfide) groups is 1. The third kappa shape index (κ3) is 3.79. The van der Waals surface area contributed by atoms with E-state index in [1.807, 2.05) is 38.1 Å². The summed E-state index contributed by atoms with van der Waals surface area (Å²) in [6.45, 7) is 3.71. The highest BCUT2D eigenvalue weighted by atomic mass is 32.2. The Balaban J connectivity index is 1.67. The molecule has 0 saturated heterocycles. The summed E-state index contributed by atoms with van der Waals surface area (Å²) in [5.74, 6) is -0.0863. The predicted octanol–water partition coefficient (Wildman–Crippen LogP) is 5.58. The molecule has 2 aromatic heterocycles. The molecule has 0 bridgehead atoms. The molecule has 0 unspecified atom stereocenters. The molecule has 4 rings (SSSR count). The fraction of sp³-hybridized carbons (Fsp3) is 0.150. The second-order valence-electron chi connectivity index (χ2n) is 6.19. The molecule has 0 saturated carbocycles. The van der Waals surface area contributed by atoms with Crippen LogP contribution in [0, 0.1) is 19.7 Å². The molecule has 1 amide bonds. The van der Waals surface area contributed by atoms with Crippen LogP contribution in [0.2, 0.25) is 0 Å². The Labute approximate surface area is 169 Å². The lowest BCUT2D eigenvalue weighted by molar-refractivity contribution is 0.0997. The number of aromatic nitrogens is 2. The summed E-state index contributed by atoms with van der Waals surface area (Å²) in [6.07, 6.45) is 0. The van der Waals surface area contributed by atoms with E-state index >= 15 is 0 Å². The quantitative estimate of drug-likeness (QED) is 0.432. The first-order valence-corrected chi connectivity index (χ1v) is 10.3. The number of amides is 1. The minimum atomic E-state index is -0.409. The van der Waals surface area contributed by atoms with Gasteiger partial charge in [0.15, 0.2) is 10.1 Å². The van der Waals surface area contributed by atoms with Crippen LogP contribution in [0.1, 0.15) is 26.7 Å². The molecule has 28 heavy (non-hydrogen) atoms. The maximum Gasteiger partial charge on any atom is 0.291 e. The number of carbonyl (C=O) groups is 1. The minimum absolute atomic E-state index is 0.221. The highest BCUT2D eigenvalue weighted by molar-refractivity contribution is 8.00. The molecule has 1 N–H and O–H groups in total. The lowest BCUT2D eigenvalue weighted by Gasteiger charge is -2.08. The van der Waals surface area contributed by atoms with E-state index in [-0.39, 0.29) is 5.76 Å². The second-order valence-corrected chi connectivity index (χ2v) is 8.60. The van der Waals surface area contributed by atoms with Gasteiger partial charge in [-0.2, -0.15) is 0 Å². The Morgan fingerprint density at radius 3 is 2.82 bits per heavy atom. The van der Waals surface area contributed by atoms with Gasteiger partial charge in [-0.05, 0) is 37.6 Å². The third-order valence-corrected chi connectivity index (χ3v) is 6.20. The highest BCUT2D eigenvalue weighted by Gasteiger charge is 2.22. The van der Waals surface area contributed by atoms with Crippen molar-refractivity contribution in [3.05, 3.63) is 70.2 Å². The van der Waals surface area contributed by atoms with Crippen LogP contribution in [0.3, 0.4) is 0 Å². The van der Waals surface area contributed by atoms with E-state index < -0.39 is 11.7 Å². The first-order valence-electron chi connectivity index (χ1n) is 8.52. The molecule has 0 aliphatic carbocycles. The lowest BCUT2D eigenvalue weighted by atomic mass is 10.1. The van der Waals surface area contributed by atoms with Crippen LogP contribution in [-0.4, -0.2) is 16.1 Å². The van der Waals surface area contributed by atoms with Gasteiger partial charge in [0.1, 0.15) is 16.4 Å². The standard InChI is InChI=1S/C20H16FN3O2S2/c1-11-7-8-13(21)9-16(11)22-19(25)18-15(10-27-20-24-23-12(2)28-20)14-5-3-4-6-17(14)26-18/h3-9H,10H2,1-2H3,(H,22,25). The summed E-state index contributed by atoms with van der Waals surface area (Å²) in [4.78, 5) is 12.9. The molecular formula is C20H16FN3O2S2. The molecule has 5 nitrogen and oxygen atoms in total. The van der Waals surface area contributed by atoms with Gasteiger partial charge in [-0.3, -0.25) is 4.79 Å². The number of para-hydroxylation sites is 1. The summed E-state index contributed by atoms with van der Waals surface area (Å²) >= 11 is 3.01. The van der Waals surface area contributed by atoms with Crippen LogP contribution in [-0.2, 0) is 5.75 Å². The first-order chi connectivity index (χ1) is 13.5. The zero-order chi connectivity index (χ0) is 19.7. The van der Waals surface area contributed by atoms with Gasteiger partial charge in [0.05, 0.1) is 0 Å². The third-order valence-electron chi connectivity index (χ3n) is 4.20. The molecule has 8 heteroatoms. The maximum atomic E-state index is 13.6. The topological polar surface area (TPSA) is 68.0 Å². The fourth-order valence-electron chi connectivity index (χ4n) is 2.80. The Hall–Kier alpha value is -2.71. The number of carbonyl (C=O) groups excluding carboxylic acids is 1. The van der Waals surface area contributed by atoms with Gasteiger partial charge in [-0.25, -0.2) is 4.39 Å². The van der Waals surface area contributed by atoms with Crippen molar-refractivity contribution in [2.75, 3.05) is 5.32 Å². The summed E-state index contributed by atoms with van der Waals surface area (Å²) in [7, 11) is 0. The van der Waals surface area contributed by atoms with Crippen LogP contribution in [0.15, 0.2) is 51.2 Å². The van der Waals surface area contributed by atoms with E-state index in [9.17, 15) is 9.18 Å². The monoisotopic (exact) mass is 413 g/mol.